The van der Waals surface area contributed by atoms with Crippen molar-refractivity contribution in [2.45, 2.75) is 31.7 Å². The minimum absolute atomic E-state index is 0.298. The van der Waals surface area contributed by atoms with Crippen LogP contribution in [0.5, 0.6) is 0 Å². The molecule has 1 aliphatic carbocycles. The van der Waals surface area contributed by atoms with Crippen LogP contribution in [0, 0.1) is 11.3 Å². The van der Waals surface area contributed by atoms with Crippen LogP contribution in [-0.2, 0) is 4.79 Å². The molecule has 1 amide bonds. The van der Waals surface area contributed by atoms with Crippen LogP contribution in [0.2, 0.25) is 5.02 Å². The topological polar surface area (TPSA) is 87.8 Å². The summed E-state index contributed by atoms with van der Waals surface area (Å²) in [4.78, 5) is 24.5. The SMILES string of the molecule is CC(C(=O)Nc1cc(Cl)ccc1C#N)n1nc(C2CC2)ccc1=O. The standard InChI is InChI=1S/C17H15ClN4O2/c1-10(22-16(23)7-6-14(21-22)11-2-3-11)17(24)20-15-8-13(18)5-4-12(15)9-19/h4-8,10-11H,2-3H2,1H3,(H,20,24). The van der Waals surface area contributed by atoms with Gasteiger partial charge in [-0.25, -0.2) is 4.68 Å². The number of nitrogens with zero attached hydrogens (tertiary/aromatic N) is 3. The van der Waals surface area contributed by atoms with Gasteiger partial charge in [-0.15, -0.1) is 0 Å². The molecule has 0 bridgehead atoms. The Morgan fingerprint density at radius 3 is 2.83 bits per heavy atom. The molecule has 1 heterocycles. The largest absolute Gasteiger partial charge is 0.323 e. The van der Waals surface area contributed by atoms with Crippen molar-refractivity contribution in [1.82, 2.24) is 9.78 Å². The van der Waals surface area contributed by atoms with Gasteiger partial charge in [-0.1, -0.05) is 11.6 Å². The molecule has 0 radical (unpaired) electrons. The van der Waals surface area contributed by atoms with Gasteiger partial charge >= 0.3 is 0 Å². The van der Waals surface area contributed by atoms with Gasteiger partial charge in [0, 0.05) is 17.0 Å². The van der Waals surface area contributed by atoms with Crippen molar-refractivity contribution in [2.75, 3.05) is 5.32 Å². The summed E-state index contributed by atoms with van der Waals surface area (Å²) in [7, 11) is 0. The number of amides is 1. The number of rotatable bonds is 4. The molecular formula is C17H15ClN4O2. The van der Waals surface area contributed by atoms with Gasteiger partial charge in [-0.3, -0.25) is 9.59 Å². The van der Waals surface area contributed by atoms with E-state index >= 15 is 0 Å². The summed E-state index contributed by atoms with van der Waals surface area (Å²) in [6, 6.07) is 8.94. The molecule has 1 unspecified atom stereocenters. The number of benzene rings is 1. The molecule has 0 aliphatic heterocycles. The number of anilines is 1. The van der Waals surface area contributed by atoms with Crippen molar-refractivity contribution < 1.29 is 4.79 Å². The molecule has 1 saturated carbocycles. The highest BCUT2D eigenvalue weighted by molar-refractivity contribution is 6.31. The van der Waals surface area contributed by atoms with Crippen LogP contribution >= 0.6 is 11.6 Å². The van der Waals surface area contributed by atoms with Gasteiger partial charge < -0.3 is 5.32 Å². The van der Waals surface area contributed by atoms with E-state index in [0.717, 1.165) is 18.5 Å². The van der Waals surface area contributed by atoms with Crippen molar-refractivity contribution in [3.05, 3.63) is 57.0 Å². The van der Waals surface area contributed by atoms with Crippen molar-refractivity contribution in [3.8, 4) is 6.07 Å². The van der Waals surface area contributed by atoms with Gasteiger partial charge in [0.1, 0.15) is 12.1 Å². The maximum atomic E-state index is 12.5. The van der Waals surface area contributed by atoms with E-state index in [0.29, 0.717) is 22.2 Å². The molecule has 0 saturated heterocycles. The lowest BCUT2D eigenvalue weighted by Crippen LogP contribution is -2.33. The molecule has 2 aromatic rings. The Hall–Kier alpha value is -2.65. The number of carbonyl (C=O) groups is 1. The predicted octanol–water partition coefficient (Wildman–Crippen LogP) is 2.85. The third-order valence-corrected chi connectivity index (χ3v) is 4.18. The smallest absolute Gasteiger partial charge is 0.267 e. The van der Waals surface area contributed by atoms with E-state index in [1.807, 2.05) is 6.07 Å². The number of nitrogens with one attached hydrogen (secondary N) is 1. The lowest BCUT2D eigenvalue weighted by atomic mass is 10.2. The predicted molar refractivity (Wildman–Crippen MR) is 90.0 cm³/mol. The lowest BCUT2D eigenvalue weighted by molar-refractivity contribution is -0.119. The van der Waals surface area contributed by atoms with Crippen LogP contribution < -0.4 is 10.9 Å². The molecule has 1 fully saturated rings. The second-order valence-corrected chi connectivity index (χ2v) is 6.22. The zero-order valence-electron chi connectivity index (χ0n) is 13.0. The summed E-state index contributed by atoms with van der Waals surface area (Å²) in [5, 5.41) is 16.5. The van der Waals surface area contributed by atoms with E-state index in [9.17, 15) is 9.59 Å². The van der Waals surface area contributed by atoms with E-state index in [4.69, 9.17) is 16.9 Å². The summed E-state index contributed by atoms with van der Waals surface area (Å²) in [6.45, 7) is 1.59. The van der Waals surface area contributed by atoms with Gasteiger partial charge in [0.25, 0.3) is 5.56 Å². The van der Waals surface area contributed by atoms with Crippen molar-refractivity contribution in [1.29, 1.82) is 5.26 Å². The van der Waals surface area contributed by atoms with Crippen molar-refractivity contribution >= 4 is 23.2 Å². The Morgan fingerprint density at radius 1 is 1.42 bits per heavy atom. The number of hydrogen-bond acceptors (Lipinski definition) is 4. The Kier molecular flexibility index (Phi) is 4.36. The van der Waals surface area contributed by atoms with Gasteiger partial charge in [0.2, 0.25) is 5.91 Å². The Labute approximate surface area is 143 Å². The van der Waals surface area contributed by atoms with Crippen LogP contribution in [0.4, 0.5) is 5.69 Å². The quantitative estimate of drug-likeness (QED) is 0.925. The first-order chi connectivity index (χ1) is 11.5. The molecule has 1 aromatic carbocycles. The second-order valence-electron chi connectivity index (χ2n) is 5.78. The van der Waals surface area contributed by atoms with Gasteiger partial charge in [0.05, 0.1) is 16.9 Å². The van der Waals surface area contributed by atoms with Gasteiger partial charge in [0.15, 0.2) is 0 Å². The fourth-order valence-electron chi connectivity index (χ4n) is 2.38. The average molecular weight is 343 g/mol. The summed E-state index contributed by atoms with van der Waals surface area (Å²) < 4.78 is 1.18. The van der Waals surface area contributed by atoms with Crippen LogP contribution in [0.3, 0.4) is 0 Å². The molecule has 1 N–H and O–H groups in total. The highest BCUT2D eigenvalue weighted by atomic mass is 35.5. The summed E-state index contributed by atoms with van der Waals surface area (Å²) >= 11 is 5.91. The van der Waals surface area contributed by atoms with Crippen LogP contribution in [0.25, 0.3) is 0 Å². The van der Waals surface area contributed by atoms with Crippen LogP contribution in [-0.4, -0.2) is 15.7 Å². The molecule has 7 heteroatoms. The highest BCUT2D eigenvalue weighted by Crippen LogP contribution is 2.38. The first kappa shape index (κ1) is 16.2. The third-order valence-electron chi connectivity index (χ3n) is 3.95. The van der Waals surface area contributed by atoms with Crippen molar-refractivity contribution in [3.63, 3.8) is 0 Å². The third kappa shape index (κ3) is 3.31. The molecule has 6 nitrogen and oxygen atoms in total. The molecule has 1 atom stereocenters. The zero-order chi connectivity index (χ0) is 17.3. The second kappa shape index (κ2) is 6.46. The number of carbonyl (C=O) groups excluding carboxylic acids is 1. The minimum atomic E-state index is -0.804. The first-order valence-electron chi connectivity index (χ1n) is 7.60. The molecular weight excluding hydrogens is 328 g/mol. The van der Waals surface area contributed by atoms with E-state index in [2.05, 4.69) is 10.4 Å². The number of nitriles is 1. The Balaban J connectivity index is 1.85. The summed E-state index contributed by atoms with van der Waals surface area (Å²) in [6.07, 6.45) is 2.11. The van der Waals surface area contributed by atoms with E-state index < -0.39 is 11.9 Å². The highest BCUT2D eigenvalue weighted by Gasteiger charge is 2.27. The summed E-state index contributed by atoms with van der Waals surface area (Å²) in [5.41, 5.74) is 1.10. The van der Waals surface area contributed by atoms with Crippen LogP contribution in [0.15, 0.2) is 35.1 Å². The van der Waals surface area contributed by atoms with E-state index in [1.165, 1.54) is 22.9 Å². The average Bonchev–Trinajstić information content (AvgIpc) is 3.40. The van der Waals surface area contributed by atoms with E-state index in [-0.39, 0.29) is 5.56 Å². The maximum Gasteiger partial charge on any atom is 0.267 e. The number of aromatic nitrogens is 2. The molecule has 0 spiro atoms. The molecule has 1 aliphatic rings. The number of hydrogen-bond donors (Lipinski definition) is 1. The monoisotopic (exact) mass is 342 g/mol. The zero-order valence-corrected chi connectivity index (χ0v) is 13.7. The molecule has 1 aromatic heterocycles. The maximum absolute atomic E-state index is 12.5. The fraction of sp³-hybridized carbons (Fsp3) is 0.294. The molecule has 3 rings (SSSR count). The summed E-state index contributed by atoms with van der Waals surface area (Å²) in [5.74, 6) is -0.0541. The Bertz CT molecular complexity index is 896. The van der Waals surface area contributed by atoms with Crippen LogP contribution in [0.1, 0.15) is 43.0 Å². The molecule has 24 heavy (non-hydrogen) atoms. The molecule has 122 valence electrons. The lowest BCUT2D eigenvalue weighted by Gasteiger charge is -2.15. The van der Waals surface area contributed by atoms with E-state index in [1.54, 1.807) is 19.1 Å². The first-order valence-corrected chi connectivity index (χ1v) is 7.97. The Morgan fingerprint density at radius 2 is 2.17 bits per heavy atom. The normalized spacial score (nSPS) is 14.7. The number of halogens is 1. The minimum Gasteiger partial charge on any atom is -0.323 e. The van der Waals surface area contributed by atoms with Gasteiger partial charge in [-0.2, -0.15) is 10.4 Å². The fourth-order valence-corrected chi connectivity index (χ4v) is 2.55. The van der Waals surface area contributed by atoms with Crippen molar-refractivity contribution in [2.24, 2.45) is 0 Å². The van der Waals surface area contributed by atoms with Gasteiger partial charge in [-0.05, 0) is 44.0 Å².